The Kier molecular flexibility index (Phi) is 10.6. The van der Waals surface area contributed by atoms with Gasteiger partial charge in [-0.25, -0.2) is 0 Å². The molecule has 2 aliphatic rings. The average molecular weight is 875 g/mol. The van der Waals surface area contributed by atoms with Crippen molar-refractivity contribution in [3.8, 4) is 22.3 Å². The van der Waals surface area contributed by atoms with Crippen LogP contribution in [-0.2, 0) is 40.7 Å². The van der Waals surface area contributed by atoms with E-state index in [2.05, 4.69) is 150 Å². The van der Waals surface area contributed by atoms with Gasteiger partial charge in [-0.2, -0.15) is 0 Å². The molecule has 2 heterocycles. The Labute approximate surface area is 341 Å². The molecule has 0 aliphatic heterocycles. The zero-order chi connectivity index (χ0) is 39.5. The van der Waals surface area contributed by atoms with Crippen LogP contribution in [0.25, 0.3) is 45.6 Å². The second-order valence-electron chi connectivity index (χ2n) is 16.0. The summed E-state index contributed by atoms with van der Waals surface area (Å²) in [6.07, 6.45) is 8.55. The van der Waals surface area contributed by atoms with Crippen LogP contribution in [-0.4, -0.2) is 5.43 Å². The van der Waals surface area contributed by atoms with Gasteiger partial charge in [0.05, 0.1) is 0 Å². The number of benzene rings is 4. The first-order valence-electron chi connectivity index (χ1n) is 20.4. The second-order valence-corrected chi connectivity index (χ2v) is 54.8. The van der Waals surface area contributed by atoms with E-state index in [-0.39, 0.29) is 7.25 Å². The molecule has 6 heteroatoms. The Morgan fingerprint density at radius 1 is 0.518 bits per heavy atom. The van der Waals surface area contributed by atoms with Crippen LogP contribution >= 0.6 is 17.0 Å². The SMILES string of the molecule is CCc1ccccc1-c1c(CC)ccc2c1C=C(c1ccc(C)o1)[CH]2[Zr]([Cl])([Cl])([CH]1C(c2ccc(C)o2)=Cc2c1ccc(CC)c2-c1ccccc1CC)=[Si](C)C. The molecule has 0 bridgehead atoms. The Morgan fingerprint density at radius 2 is 0.911 bits per heavy atom. The maximum absolute atomic E-state index is 9.02. The summed E-state index contributed by atoms with van der Waals surface area (Å²) >= 11 is -5.39. The van der Waals surface area contributed by atoms with Crippen molar-refractivity contribution < 1.29 is 23.8 Å². The predicted octanol–water partition coefficient (Wildman–Crippen LogP) is 15.2. The summed E-state index contributed by atoms with van der Waals surface area (Å²) in [4.78, 5) is 0. The van der Waals surface area contributed by atoms with Gasteiger partial charge in [-0.05, 0) is 0 Å². The van der Waals surface area contributed by atoms with E-state index >= 15 is 0 Å². The minimum absolute atomic E-state index is 0.213. The van der Waals surface area contributed by atoms with Crippen molar-refractivity contribution in [2.24, 2.45) is 0 Å². The van der Waals surface area contributed by atoms with E-state index in [0.717, 1.165) is 59.9 Å². The number of aryl methyl sites for hydroxylation is 6. The zero-order valence-electron chi connectivity index (χ0n) is 33.9. The standard InChI is InChI=1S/2C24H23O.C2H6Si.2ClH.Zr/c2*1-4-17-8-6-7-9-21(17)24-18(5-2)11-12-19-14-20(15-22(19)24)23-13-10-16(3)25-23;1-3-2;;;/h2*6-15H,4-5H2,1-3H3;1-2H3;2*1H;/q;;;;;+2/p-2. The average Bonchev–Trinajstić information content (AvgIpc) is 4.02. The fraction of sp³-hybridized carbons (Fsp3) is 0.280. The number of furan rings is 2. The summed E-state index contributed by atoms with van der Waals surface area (Å²) < 4.78 is 12.8. The van der Waals surface area contributed by atoms with Gasteiger partial charge in [0.15, 0.2) is 0 Å². The summed E-state index contributed by atoms with van der Waals surface area (Å²) in [5.74, 6) is 3.47. The third-order valence-electron chi connectivity index (χ3n) is 12.7. The predicted molar refractivity (Wildman–Crippen MR) is 239 cm³/mol. The minimum atomic E-state index is -5.39. The van der Waals surface area contributed by atoms with Crippen LogP contribution in [0.4, 0.5) is 0 Å². The molecule has 8 rings (SSSR count). The van der Waals surface area contributed by atoms with Gasteiger partial charge >= 0.3 is 344 Å². The fourth-order valence-corrected chi connectivity index (χ4v) is 37.5. The molecule has 0 spiro atoms. The molecule has 0 fully saturated rings. The number of rotatable bonds is 10. The van der Waals surface area contributed by atoms with Gasteiger partial charge in [-0.3, -0.25) is 0 Å². The first-order chi connectivity index (χ1) is 26.9. The van der Waals surface area contributed by atoms with Crippen LogP contribution in [0.3, 0.4) is 0 Å². The molecule has 2 unspecified atom stereocenters. The molecule has 2 atom stereocenters. The molecular formula is C50H52Cl2O2SiZr. The van der Waals surface area contributed by atoms with Crippen molar-refractivity contribution in [2.45, 2.75) is 87.6 Å². The van der Waals surface area contributed by atoms with E-state index < -0.39 is 20.4 Å². The zero-order valence-corrected chi connectivity index (χ0v) is 38.9. The van der Waals surface area contributed by atoms with Crippen LogP contribution in [0.5, 0.6) is 0 Å². The summed E-state index contributed by atoms with van der Waals surface area (Å²) in [5.41, 5.74) is 16.3. The first-order valence-corrected chi connectivity index (χ1v) is 35.7. The van der Waals surface area contributed by atoms with Gasteiger partial charge in [0.2, 0.25) is 0 Å². The number of hydrogen-bond donors (Lipinski definition) is 0. The van der Waals surface area contributed by atoms with Crippen LogP contribution in [0.2, 0.25) is 13.1 Å². The maximum atomic E-state index is 9.02. The molecule has 56 heavy (non-hydrogen) atoms. The topological polar surface area (TPSA) is 26.3 Å². The van der Waals surface area contributed by atoms with Crippen LogP contribution in [0.15, 0.2) is 106 Å². The van der Waals surface area contributed by atoms with Gasteiger partial charge in [0.1, 0.15) is 0 Å². The van der Waals surface area contributed by atoms with Gasteiger partial charge in [-0.15, -0.1) is 0 Å². The normalized spacial score (nSPS) is 16.5. The number of fused-ring (bicyclic) bond motifs is 2. The molecular weight excluding hydrogens is 823 g/mol. The molecule has 0 saturated carbocycles. The van der Waals surface area contributed by atoms with Crippen LogP contribution in [0, 0.1) is 13.8 Å². The fourth-order valence-electron chi connectivity index (χ4n) is 9.85. The summed E-state index contributed by atoms with van der Waals surface area (Å²) in [6.45, 7) is 17.8. The van der Waals surface area contributed by atoms with Crippen molar-refractivity contribution in [1.29, 1.82) is 0 Å². The van der Waals surface area contributed by atoms with Gasteiger partial charge in [-0.1, -0.05) is 0 Å². The van der Waals surface area contributed by atoms with E-state index in [9.17, 15) is 0 Å². The summed E-state index contributed by atoms with van der Waals surface area (Å²) in [5, 5.41) is 0. The third-order valence-corrected chi connectivity index (χ3v) is 59.0. The summed E-state index contributed by atoms with van der Waals surface area (Å²) in [6, 6.07) is 35.6. The van der Waals surface area contributed by atoms with Crippen LogP contribution < -0.4 is 0 Å². The molecule has 6 aromatic rings. The molecule has 0 amide bonds. The van der Waals surface area contributed by atoms with Crippen LogP contribution in [0.1, 0.15) is 102 Å². The van der Waals surface area contributed by atoms with Crippen molar-refractivity contribution in [3.63, 3.8) is 0 Å². The summed E-state index contributed by atoms with van der Waals surface area (Å²) in [7, 11) is 18.0. The van der Waals surface area contributed by atoms with Gasteiger partial charge in [0, 0.05) is 0 Å². The van der Waals surface area contributed by atoms with Gasteiger partial charge < -0.3 is 0 Å². The molecule has 0 N–H and O–H groups in total. The molecule has 2 aliphatic carbocycles. The molecule has 286 valence electrons. The molecule has 0 radical (unpaired) electrons. The quantitative estimate of drug-likeness (QED) is 0.128. The Morgan fingerprint density at radius 3 is 1.25 bits per heavy atom. The Hall–Kier alpha value is -3.40. The first kappa shape index (κ1) is 39.4. The van der Waals surface area contributed by atoms with E-state index in [1.54, 1.807) is 0 Å². The van der Waals surface area contributed by atoms with E-state index in [4.69, 9.17) is 25.9 Å². The molecule has 0 saturated heterocycles. The van der Waals surface area contributed by atoms with E-state index in [1.165, 1.54) is 66.8 Å². The van der Waals surface area contributed by atoms with Crippen molar-refractivity contribution >= 4 is 45.8 Å². The number of halogens is 2. The second kappa shape index (κ2) is 15.1. The van der Waals surface area contributed by atoms with Crippen molar-refractivity contribution in [1.82, 2.24) is 0 Å². The van der Waals surface area contributed by atoms with Gasteiger partial charge in [0.25, 0.3) is 0 Å². The number of hydrogen-bond acceptors (Lipinski definition) is 2. The van der Waals surface area contributed by atoms with E-state index in [1.807, 2.05) is 13.8 Å². The van der Waals surface area contributed by atoms with E-state index in [0.29, 0.717) is 0 Å². The molecule has 4 aromatic carbocycles. The Balaban J connectivity index is 1.49. The molecule has 2 nitrogen and oxygen atoms in total. The van der Waals surface area contributed by atoms with Crippen molar-refractivity contribution in [2.75, 3.05) is 0 Å². The Bertz CT molecular complexity index is 2490. The monoisotopic (exact) mass is 872 g/mol. The van der Waals surface area contributed by atoms with Crippen molar-refractivity contribution in [3.05, 3.63) is 165 Å². The third kappa shape index (κ3) is 6.12. The number of allylic oxidation sites excluding steroid dienone is 2. The molecule has 2 aromatic heterocycles.